The highest BCUT2D eigenvalue weighted by molar-refractivity contribution is 7.71. The second-order valence-corrected chi connectivity index (χ2v) is 3.85. The third-order valence-electron chi connectivity index (χ3n) is 1.85. The molecule has 0 fully saturated rings. The molecule has 2 rings (SSSR count). The summed E-state index contributed by atoms with van der Waals surface area (Å²) in [4.78, 5) is 6.58. The number of nitrogens with one attached hydrogen (secondary N) is 1. The lowest BCUT2D eigenvalue weighted by Crippen LogP contribution is -1.96. The molecule has 82 valence electrons. The minimum absolute atomic E-state index is 0.320. The number of rotatable bonds is 2. The minimum Gasteiger partial charge on any atom is -0.452 e. The monoisotopic (exact) mass is 253 g/mol. The van der Waals surface area contributed by atoms with E-state index in [4.69, 9.17) is 34.3 Å². The standard InChI is InChI=1S/C10H8ClN3OS/c11-6-1-3-7(4-2-6)15-8-5-13-10(16)14-9(8)12/h1-5H,(H3,12,13,14,16). The Morgan fingerprint density at radius 3 is 2.62 bits per heavy atom. The van der Waals surface area contributed by atoms with Crippen LogP contribution in [0, 0.1) is 4.77 Å². The first-order valence-electron chi connectivity index (χ1n) is 4.43. The minimum atomic E-state index is 0.320. The van der Waals surface area contributed by atoms with Crippen LogP contribution in [0.15, 0.2) is 30.5 Å². The highest BCUT2D eigenvalue weighted by Crippen LogP contribution is 2.25. The number of anilines is 1. The number of nitrogens with zero attached hydrogens (tertiary/aromatic N) is 1. The second-order valence-electron chi connectivity index (χ2n) is 3.02. The Bertz CT molecular complexity index is 553. The van der Waals surface area contributed by atoms with E-state index in [2.05, 4.69) is 9.97 Å². The van der Waals surface area contributed by atoms with Crippen molar-refractivity contribution in [2.45, 2.75) is 0 Å². The van der Waals surface area contributed by atoms with Gasteiger partial charge in [-0.25, -0.2) is 4.98 Å². The maximum atomic E-state index is 5.75. The van der Waals surface area contributed by atoms with Gasteiger partial charge >= 0.3 is 0 Å². The van der Waals surface area contributed by atoms with E-state index in [0.29, 0.717) is 27.1 Å². The largest absolute Gasteiger partial charge is 0.452 e. The molecule has 0 spiro atoms. The molecule has 2 aromatic rings. The van der Waals surface area contributed by atoms with Crippen molar-refractivity contribution in [3.8, 4) is 11.5 Å². The third kappa shape index (κ3) is 2.50. The molecule has 1 heterocycles. The lowest BCUT2D eigenvalue weighted by Gasteiger charge is -2.07. The first-order valence-corrected chi connectivity index (χ1v) is 5.22. The van der Waals surface area contributed by atoms with Crippen molar-refractivity contribution in [3.05, 3.63) is 40.3 Å². The first-order chi connectivity index (χ1) is 7.65. The molecule has 0 amide bonds. The Morgan fingerprint density at radius 1 is 1.31 bits per heavy atom. The number of nitrogen functional groups attached to an aromatic ring is 1. The van der Waals surface area contributed by atoms with Crippen LogP contribution in [0.3, 0.4) is 0 Å². The Balaban J connectivity index is 2.27. The fraction of sp³-hybridized carbons (Fsp3) is 0. The predicted octanol–water partition coefficient (Wildman–Crippen LogP) is 3.17. The normalized spacial score (nSPS) is 10.1. The van der Waals surface area contributed by atoms with E-state index in [0.717, 1.165) is 0 Å². The molecule has 16 heavy (non-hydrogen) atoms. The van der Waals surface area contributed by atoms with Gasteiger partial charge in [-0.1, -0.05) is 11.6 Å². The predicted molar refractivity (Wildman–Crippen MR) is 65.4 cm³/mol. The first kappa shape index (κ1) is 10.9. The lowest BCUT2D eigenvalue weighted by molar-refractivity contribution is 0.480. The van der Waals surface area contributed by atoms with Gasteiger partial charge in [0.1, 0.15) is 11.6 Å². The second kappa shape index (κ2) is 4.51. The van der Waals surface area contributed by atoms with Crippen molar-refractivity contribution in [2.75, 3.05) is 5.73 Å². The molecule has 0 bridgehead atoms. The summed E-state index contributed by atoms with van der Waals surface area (Å²) in [6.45, 7) is 0. The summed E-state index contributed by atoms with van der Waals surface area (Å²) in [5, 5.41) is 0.644. The van der Waals surface area contributed by atoms with Gasteiger partial charge < -0.3 is 15.5 Å². The van der Waals surface area contributed by atoms with Gasteiger partial charge in [0.15, 0.2) is 10.5 Å². The van der Waals surface area contributed by atoms with E-state index >= 15 is 0 Å². The van der Waals surface area contributed by atoms with Crippen LogP contribution >= 0.6 is 23.8 Å². The van der Waals surface area contributed by atoms with Gasteiger partial charge in [-0.05, 0) is 36.5 Å². The fourth-order valence-corrected chi connectivity index (χ4v) is 1.40. The number of halogens is 1. The number of hydrogen-bond donors (Lipinski definition) is 2. The highest BCUT2D eigenvalue weighted by atomic mass is 35.5. The highest BCUT2D eigenvalue weighted by Gasteiger charge is 2.02. The van der Waals surface area contributed by atoms with Crippen LogP contribution in [-0.2, 0) is 0 Å². The number of hydrogen-bond acceptors (Lipinski definition) is 4. The molecule has 1 aromatic carbocycles. The van der Waals surface area contributed by atoms with E-state index in [1.165, 1.54) is 6.20 Å². The van der Waals surface area contributed by atoms with Crippen LogP contribution in [-0.4, -0.2) is 9.97 Å². The van der Waals surface area contributed by atoms with Gasteiger partial charge in [0.2, 0.25) is 0 Å². The number of nitrogens with two attached hydrogens (primary N) is 1. The Hall–Kier alpha value is -1.59. The molecule has 0 saturated heterocycles. The summed E-state index contributed by atoms with van der Waals surface area (Å²) in [5.74, 6) is 1.40. The van der Waals surface area contributed by atoms with E-state index in [1.54, 1.807) is 24.3 Å². The van der Waals surface area contributed by atoms with Gasteiger partial charge in [0, 0.05) is 5.02 Å². The van der Waals surface area contributed by atoms with E-state index < -0.39 is 0 Å². The van der Waals surface area contributed by atoms with Crippen LogP contribution in [0.25, 0.3) is 0 Å². The van der Waals surface area contributed by atoms with Crippen molar-refractivity contribution in [1.82, 2.24) is 9.97 Å². The maximum absolute atomic E-state index is 5.75. The van der Waals surface area contributed by atoms with Gasteiger partial charge in [0.25, 0.3) is 0 Å². The molecule has 4 nitrogen and oxygen atoms in total. The molecule has 1 aromatic heterocycles. The molecular formula is C10H8ClN3OS. The van der Waals surface area contributed by atoms with Crippen molar-refractivity contribution < 1.29 is 4.74 Å². The molecule has 0 saturated carbocycles. The van der Waals surface area contributed by atoms with Crippen molar-refractivity contribution in [3.63, 3.8) is 0 Å². The topological polar surface area (TPSA) is 63.9 Å². The molecule has 0 unspecified atom stereocenters. The molecule has 0 aliphatic carbocycles. The number of ether oxygens (including phenoxy) is 1. The number of H-pyrrole nitrogens is 1. The zero-order valence-corrected chi connectivity index (χ0v) is 9.68. The molecule has 3 N–H and O–H groups in total. The molecule has 6 heteroatoms. The molecular weight excluding hydrogens is 246 g/mol. The van der Waals surface area contributed by atoms with Crippen LogP contribution in [0.4, 0.5) is 5.82 Å². The van der Waals surface area contributed by atoms with E-state index in [9.17, 15) is 0 Å². The van der Waals surface area contributed by atoms with Crippen molar-refractivity contribution in [1.29, 1.82) is 0 Å². The number of aromatic amines is 1. The molecule has 0 atom stereocenters. The van der Waals surface area contributed by atoms with Crippen LogP contribution in [0.2, 0.25) is 5.02 Å². The van der Waals surface area contributed by atoms with Gasteiger partial charge in [-0.15, -0.1) is 0 Å². The Labute approximate surface area is 102 Å². The van der Waals surface area contributed by atoms with Crippen LogP contribution in [0.5, 0.6) is 11.5 Å². The number of benzene rings is 1. The van der Waals surface area contributed by atoms with Gasteiger partial charge in [0.05, 0.1) is 6.20 Å². The maximum Gasteiger partial charge on any atom is 0.198 e. The molecule has 0 aliphatic rings. The van der Waals surface area contributed by atoms with Crippen LogP contribution < -0.4 is 10.5 Å². The summed E-state index contributed by atoms with van der Waals surface area (Å²) in [6.07, 6.45) is 1.47. The van der Waals surface area contributed by atoms with Crippen molar-refractivity contribution >= 4 is 29.6 Å². The molecule has 0 radical (unpaired) electrons. The fourth-order valence-electron chi connectivity index (χ4n) is 1.11. The summed E-state index contributed by atoms with van der Waals surface area (Å²) in [6, 6.07) is 6.93. The van der Waals surface area contributed by atoms with E-state index in [1.807, 2.05) is 0 Å². The Morgan fingerprint density at radius 2 is 2.00 bits per heavy atom. The third-order valence-corrected chi connectivity index (χ3v) is 2.31. The average molecular weight is 254 g/mol. The lowest BCUT2D eigenvalue weighted by atomic mass is 10.3. The Kier molecular flexibility index (Phi) is 3.07. The zero-order valence-electron chi connectivity index (χ0n) is 8.11. The zero-order chi connectivity index (χ0) is 11.5. The SMILES string of the molecule is Nc1[nH]c(=S)ncc1Oc1ccc(Cl)cc1. The summed E-state index contributed by atoms with van der Waals surface area (Å²) in [7, 11) is 0. The molecule has 0 aliphatic heterocycles. The van der Waals surface area contributed by atoms with Gasteiger partial charge in [-0.2, -0.15) is 0 Å². The smallest absolute Gasteiger partial charge is 0.198 e. The number of aromatic nitrogens is 2. The summed E-state index contributed by atoms with van der Waals surface area (Å²) in [5.41, 5.74) is 5.69. The summed E-state index contributed by atoms with van der Waals surface area (Å²) < 4.78 is 5.82. The quantitative estimate of drug-likeness (QED) is 0.807. The van der Waals surface area contributed by atoms with E-state index in [-0.39, 0.29) is 0 Å². The van der Waals surface area contributed by atoms with Gasteiger partial charge in [-0.3, -0.25) is 0 Å². The van der Waals surface area contributed by atoms with Crippen LogP contribution in [0.1, 0.15) is 0 Å². The van der Waals surface area contributed by atoms with Crippen molar-refractivity contribution in [2.24, 2.45) is 0 Å². The average Bonchev–Trinajstić information content (AvgIpc) is 2.25. The summed E-state index contributed by atoms with van der Waals surface area (Å²) >= 11 is 10.6.